The van der Waals surface area contributed by atoms with Gasteiger partial charge in [0.2, 0.25) is 0 Å². The van der Waals surface area contributed by atoms with Crippen molar-refractivity contribution in [3.63, 3.8) is 0 Å². The molecule has 0 atom stereocenters. The van der Waals surface area contributed by atoms with Crippen molar-refractivity contribution in [1.29, 1.82) is 0 Å². The normalized spacial score (nSPS) is 10.8. The highest BCUT2D eigenvalue weighted by Gasteiger charge is 2.18. The van der Waals surface area contributed by atoms with Gasteiger partial charge in [0, 0.05) is 23.8 Å². The minimum absolute atomic E-state index is 0.0999. The van der Waals surface area contributed by atoms with Crippen molar-refractivity contribution in [2.45, 2.75) is 6.92 Å². The number of anilines is 1. The molecule has 106 valence electrons. The summed E-state index contributed by atoms with van der Waals surface area (Å²) in [6.07, 6.45) is 1.82. The number of hydrogen-bond donors (Lipinski definition) is 1. The lowest BCUT2D eigenvalue weighted by molar-refractivity contribution is 0.0989. The molecule has 0 aliphatic carbocycles. The summed E-state index contributed by atoms with van der Waals surface area (Å²) >= 11 is 0. The zero-order chi connectivity index (χ0) is 14.8. The zero-order valence-electron chi connectivity index (χ0n) is 11.6. The van der Waals surface area contributed by atoms with Gasteiger partial charge in [-0.25, -0.2) is 4.39 Å². The first-order chi connectivity index (χ1) is 10.2. The second-order valence-electron chi connectivity index (χ2n) is 4.77. The van der Waals surface area contributed by atoms with Crippen LogP contribution in [0.5, 0.6) is 0 Å². The van der Waals surface area contributed by atoms with Crippen LogP contribution >= 0.6 is 0 Å². The number of H-pyrrole nitrogens is 1. The number of halogens is 1. The lowest BCUT2D eigenvalue weighted by Crippen LogP contribution is -2.30. The molecule has 0 bridgehead atoms. The van der Waals surface area contributed by atoms with Crippen LogP contribution in [0.2, 0.25) is 0 Å². The van der Waals surface area contributed by atoms with Gasteiger partial charge in [-0.1, -0.05) is 12.1 Å². The van der Waals surface area contributed by atoms with E-state index >= 15 is 0 Å². The van der Waals surface area contributed by atoms with Crippen LogP contribution in [0.1, 0.15) is 17.3 Å². The van der Waals surface area contributed by atoms with E-state index < -0.39 is 0 Å². The number of nitrogens with one attached hydrogen (secondary N) is 1. The molecule has 2 aromatic carbocycles. The van der Waals surface area contributed by atoms with E-state index in [0.29, 0.717) is 17.8 Å². The number of para-hydroxylation sites is 1. The molecule has 0 unspecified atom stereocenters. The summed E-state index contributed by atoms with van der Waals surface area (Å²) in [5.74, 6) is -0.411. The molecule has 1 aromatic heterocycles. The summed E-state index contributed by atoms with van der Waals surface area (Å²) in [6, 6.07) is 13.5. The number of benzene rings is 2. The van der Waals surface area contributed by atoms with Crippen LogP contribution in [-0.2, 0) is 0 Å². The quantitative estimate of drug-likeness (QED) is 0.775. The SMILES string of the molecule is CCN(C(=O)c1cccc2cc[nH]c12)c1ccc(F)cc1. The Hall–Kier alpha value is -2.62. The standard InChI is InChI=1S/C17H15FN2O/c1-2-20(14-8-6-13(18)7-9-14)17(21)15-5-3-4-12-10-11-19-16(12)15/h3-11,19H,2H2,1H3. The van der Waals surface area contributed by atoms with Crippen LogP contribution in [0.15, 0.2) is 54.7 Å². The number of carbonyl (C=O) groups is 1. The molecule has 0 radical (unpaired) electrons. The van der Waals surface area contributed by atoms with Gasteiger partial charge in [-0.2, -0.15) is 0 Å². The summed E-state index contributed by atoms with van der Waals surface area (Å²) < 4.78 is 13.0. The van der Waals surface area contributed by atoms with Crippen molar-refractivity contribution in [2.24, 2.45) is 0 Å². The molecule has 0 fully saturated rings. The number of rotatable bonds is 3. The number of carbonyl (C=O) groups excluding carboxylic acids is 1. The molecular formula is C17H15FN2O. The zero-order valence-corrected chi connectivity index (χ0v) is 11.6. The van der Waals surface area contributed by atoms with Crippen molar-refractivity contribution < 1.29 is 9.18 Å². The Labute approximate surface area is 122 Å². The maximum absolute atomic E-state index is 13.0. The third-order valence-electron chi connectivity index (χ3n) is 3.52. The van der Waals surface area contributed by atoms with Gasteiger partial charge in [0.05, 0.1) is 11.1 Å². The van der Waals surface area contributed by atoms with E-state index in [1.54, 1.807) is 23.1 Å². The molecule has 1 amide bonds. The minimum atomic E-state index is -0.311. The van der Waals surface area contributed by atoms with E-state index in [0.717, 1.165) is 10.9 Å². The fraction of sp³-hybridized carbons (Fsp3) is 0.118. The fourth-order valence-electron chi connectivity index (χ4n) is 2.47. The van der Waals surface area contributed by atoms with Crippen LogP contribution in [0.4, 0.5) is 10.1 Å². The number of aromatic nitrogens is 1. The molecule has 21 heavy (non-hydrogen) atoms. The number of fused-ring (bicyclic) bond motifs is 1. The molecule has 3 nitrogen and oxygen atoms in total. The number of amides is 1. The molecular weight excluding hydrogens is 267 g/mol. The van der Waals surface area contributed by atoms with Crippen LogP contribution in [0.25, 0.3) is 10.9 Å². The van der Waals surface area contributed by atoms with Crippen molar-refractivity contribution in [2.75, 3.05) is 11.4 Å². The van der Waals surface area contributed by atoms with Gasteiger partial charge in [-0.05, 0) is 43.3 Å². The average Bonchev–Trinajstić information content (AvgIpc) is 2.98. The molecule has 0 spiro atoms. The smallest absolute Gasteiger partial charge is 0.260 e. The van der Waals surface area contributed by atoms with E-state index in [1.165, 1.54) is 12.1 Å². The molecule has 4 heteroatoms. The van der Waals surface area contributed by atoms with E-state index in [9.17, 15) is 9.18 Å². The third kappa shape index (κ3) is 2.40. The Bertz CT molecular complexity index is 777. The number of hydrogen-bond acceptors (Lipinski definition) is 1. The summed E-state index contributed by atoms with van der Waals surface area (Å²) in [6.45, 7) is 2.41. The Balaban J connectivity index is 2.03. The predicted octanol–water partition coefficient (Wildman–Crippen LogP) is 3.97. The highest BCUT2D eigenvalue weighted by Crippen LogP contribution is 2.22. The Morgan fingerprint density at radius 3 is 2.62 bits per heavy atom. The molecule has 1 heterocycles. The summed E-state index contributed by atoms with van der Waals surface area (Å²) in [7, 11) is 0. The summed E-state index contributed by atoms with van der Waals surface area (Å²) in [5.41, 5.74) is 2.12. The van der Waals surface area contributed by atoms with Crippen molar-refractivity contribution in [3.8, 4) is 0 Å². The van der Waals surface area contributed by atoms with Crippen molar-refractivity contribution in [3.05, 3.63) is 66.1 Å². The maximum Gasteiger partial charge on any atom is 0.260 e. The van der Waals surface area contributed by atoms with Gasteiger partial charge in [-0.15, -0.1) is 0 Å². The molecule has 3 rings (SSSR count). The first kappa shape index (κ1) is 13.4. The molecule has 0 saturated heterocycles. The van der Waals surface area contributed by atoms with E-state index in [4.69, 9.17) is 0 Å². The largest absolute Gasteiger partial charge is 0.361 e. The highest BCUT2D eigenvalue weighted by molar-refractivity contribution is 6.13. The number of nitrogens with zero attached hydrogens (tertiary/aromatic N) is 1. The Kier molecular flexibility index (Phi) is 3.44. The predicted molar refractivity (Wildman–Crippen MR) is 82.0 cm³/mol. The minimum Gasteiger partial charge on any atom is -0.361 e. The van der Waals surface area contributed by atoms with E-state index in [2.05, 4.69) is 4.98 Å². The van der Waals surface area contributed by atoms with Crippen LogP contribution in [0, 0.1) is 5.82 Å². The second-order valence-corrected chi connectivity index (χ2v) is 4.77. The molecule has 1 N–H and O–H groups in total. The Morgan fingerprint density at radius 2 is 1.90 bits per heavy atom. The summed E-state index contributed by atoms with van der Waals surface area (Å²) in [5, 5.41) is 0.996. The molecule has 0 aliphatic heterocycles. The van der Waals surface area contributed by atoms with Gasteiger partial charge < -0.3 is 9.88 Å². The first-order valence-corrected chi connectivity index (χ1v) is 6.84. The monoisotopic (exact) mass is 282 g/mol. The molecule has 3 aromatic rings. The highest BCUT2D eigenvalue weighted by atomic mass is 19.1. The number of aromatic amines is 1. The summed E-state index contributed by atoms with van der Waals surface area (Å²) in [4.78, 5) is 17.5. The fourth-order valence-corrected chi connectivity index (χ4v) is 2.47. The van der Waals surface area contributed by atoms with Crippen LogP contribution in [0.3, 0.4) is 0 Å². The maximum atomic E-state index is 13.0. The third-order valence-corrected chi connectivity index (χ3v) is 3.52. The lowest BCUT2D eigenvalue weighted by Gasteiger charge is -2.21. The average molecular weight is 282 g/mol. The molecule has 0 aliphatic rings. The Morgan fingerprint density at radius 1 is 1.14 bits per heavy atom. The van der Waals surface area contributed by atoms with Gasteiger partial charge in [0.15, 0.2) is 0 Å². The lowest BCUT2D eigenvalue weighted by atomic mass is 10.1. The van der Waals surface area contributed by atoms with E-state index in [1.807, 2.05) is 31.3 Å². The van der Waals surface area contributed by atoms with Crippen molar-refractivity contribution >= 4 is 22.5 Å². The second kappa shape index (κ2) is 5.40. The van der Waals surface area contributed by atoms with Crippen molar-refractivity contribution in [1.82, 2.24) is 4.98 Å². The molecule has 0 saturated carbocycles. The van der Waals surface area contributed by atoms with Crippen LogP contribution in [-0.4, -0.2) is 17.4 Å². The van der Waals surface area contributed by atoms with Gasteiger partial charge >= 0.3 is 0 Å². The first-order valence-electron chi connectivity index (χ1n) is 6.84. The van der Waals surface area contributed by atoms with Crippen LogP contribution < -0.4 is 4.90 Å². The van der Waals surface area contributed by atoms with E-state index in [-0.39, 0.29) is 11.7 Å². The van der Waals surface area contributed by atoms with Gasteiger partial charge in [-0.3, -0.25) is 4.79 Å². The van der Waals surface area contributed by atoms with Gasteiger partial charge in [0.1, 0.15) is 5.82 Å². The topological polar surface area (TPSA) is 36.1 Å². The van der Waals surface area contributed by atoms with Gasteiger partial charge in [0.25, 0.3) is 5.91 Å².